The highest BCUT2D eigenvalue weighted by atomic mass is 16.1. The largest absolute Gasteiger partial charge is 0.364 e. The third-order valence-electron chi connectivity index (χ3n) is 3.80. The molecule has 4 aromatic rings. The molecule has 0 saturated heterocycles. The summed E-state index contributed by atoms with van der Waals surface area (Å²) in [6, 6.07) is 7.91. The molecule has 6 nitrogen and oxygen atoms in total. The van der Waals surface area contributed by atoms with Crippen LogP contribution in [0, 0.1) is 6.92 Å². The van der Waals surface area contributed by atoms with Crippen molar-refractivity contribution in [3.05, 3.63) is 47.9 Å². The number of fused-ring (bicyclic) bond motifs is 2. The minimum atomic E-state index is -0.561. The minimum Gasteiger partial charge on any atom is -0.364 e. The van der Waals surface area contributed by atoms with Crippen LogP contribution in [0.4, 0.5) is 0 Å². The Bertz CT molecular complexity index is 1030. The highest BCUT2D eigenvalue weighted by Crippen LogP contribution is 2.33. The van der Waals surface area contributed by atoms with Crippen LogP contribution in [-0.4, -0.2) is 26.1 Å². The number of rotatable bonds is 2. The summed E-state index contributed by atoms with van der Waals surface area (Å²) < 4.78 is 0. The van der Waals surface area contributed by atoms with Crippen LogP contribution in [0.3, 0.4) is 0 Å². The second-order valence-corrected chi connectivity index (χ2v) is 5.30. The number of aryl methyl sites for hydroxylation is 1. The van der Waals surface area contributed by atoms with E-state index in [9.17, 15) is 4.79 Å². The lowest BCUT2D eigenvalue weighted by Gasteiger charge is -2.04. The van der Waals surface area contributed by atoms with E-state index in [0.29, 0.717) is 5.65 Å². The van der Waals surface area contributed by atoms with Crippen molar-refractivity contribution in [1.82, 2.24) is 20.2 Å². The molecule has 0 radical (unpaired) electrons. The Hall–Kier alpha value is -3.15. The van der Waals surface area contributed by atoms with Gasteiger partial charge in [-0.2, -0.15) is 5.10 Å². The molecule has 1 aromatic carbocycles. The summed E-state index contributed by atoms with van der Waals surface area (Å²) >= 11 is 0. The molecule has 108 valence electrons. The first-order valence-corrected chi connectivity index (χ1v) is 6.85. The van der Waals surface area contributed by atoms with E-state index in [1.807, 2.05) is 19.2 Å². The molecule has 22 heavy (non-hydrogen) atoms. The molecular weight excluding hydrogens is 278 g/mol. The Labute approximate surface area is 125 Å². The summed E-state index contributed by atoms with van der Waals surface area (Å²) in [6.45, 7) is 2.05. The van der Waals surface area contributed by atoms with E-state index in [1.165, 1.54) is 5.56 Å². The van der Waals surface area contributed by atoms with Crippen molar-refractivity contribution in [1.29, 1.82) is 0 Å². The summed E-state index contributed by atoms with van der Waals surface area (Å²) in [4.78, 5) is 19.0. The quantitative estimate of drug-likeness (QED) is 0.529. The van der Waals surface area contributed by atoms with Gasteiger partial charge in [-0.3, -0.25) is 9.89 Å². The molecule has 0 saturated carbocycles. The molecule has 4 rings (SSSR count). The third kappa shape index (κ3) is 1.77. The molecule has 6 heteroatoms. The van der Waals surface area contributed by atoms with Crippen LogP contribution in [0.2, 0.25) is 0 Å². The van der Waals surface area contributed by atoms with Crippen molar-refractivity contribution < 1.29 is 4.79 Å². The van der Waals surface area contributed by atoms with Gasteiger partial charge in [0.25, 0.3) is 5.91 Å². The molecular formula is C16H13N5O. The van der Waals surface area contributed by atoms with Crippen LogP contribution in [0.25, 0.3) is 33.1 Å². The Morgan fingerprint density at radius 3 is 2.86 bits per heavy atom. The first-order chi connectivity index (χ1) is 10.6. The predicted octanol–water partition coefficient (Wildman–Crippen LogP) is 2.51. The first-order valence-electron chi connectivity index (χ1n) is 6.85. The van der Waals surface area contributed by atoms with Gasteiger partial charge in [0, 0.05) is 28.0 Å². The minimum absolute atomic E-state index is 0.216. The Balaban J connectivity index is 2.09. The van der Waals surface area contributed by atoms with Crippen molar-refractivity contribution in [3.8, 4) is 11.1 Å². The number of hydrogen-bond acceptors (Lipinski definition) is 3. The maximum absolute atomic E-state index is 11.5. The number of aromatic amines is 2. The molecule has 0 aliphatic rings. The predicted molar refractivity (Wildman–Crippen MR) is 84.4 cm³/mol. The van der Waals surface area contributed by atoms with Crippen LogP contribution in [0.1, 0.15) is 16.1 Å². The zero-order valence-electron chi connectivity index (χ0n) is 11.8. The molecule has 0 aliphatic heterocycles. The highest BCUT2D eigenvalue weighted by molar-refractivity contribution is 6.05. The fraction of sp³-hybridized carbons (Fsp3) is 0.0625. The lowest BCUT2D eigenvalue weighted by atomic mass is 10.0. The second kappa shape index (κ2) is 4.42. The number of aromatic nitrogens is 4. The summed E-state index contributed by atoms with van der Waals surface area (Å²) in [6.07, 6.45) is 3.63. The molecule has 3 aromatic heterocycles. The number of carbonyl (C=O) groups excluding carboxylic acids is 1. The van der Waals surface area contributed by atoms with Crippen LogP contribution >= 0.6 is 0 Å². The van der Waals surface area contributed by atoms with E-state index in [0.717, 1.165) is 27.4 Å². The first kappa shape index (κ1) is 12.6. The SMILES string of the molecule is Cc1ccc2[nH]cc(-c3cc(C(N)=O)nc4[nH]ncc34)c2c1. The van der Waals surface area contributed by atoms with Gasteiger partial charge < -0.3 is 10.7 Å². The monoisotopic (exact) mass is 291 g/mol. The zero-order chi connectivity index (χ0) is 15.3. The van der Waals surface area contributed by atoms with Crippen LogP contribution in [0.5, 0.6) is 0 Å². The number of carbonyl (C=O) groups is 1. The maximum atomic E-state index is 11.5. The lowest BCUT2D eigenvalue weighted by molar-refractivity contribution is 0.0996. The van der Waals surface area contributed by atoms with E-state index >= 15 is 0 Å². The van der Waals surface area contributed by atoms with Gasteiger partial charge in [0.05, 0.1) is 6.20 Å². The standard InChI is InChI=1S/C16H13N5O/c1-8-2-3-13-10(4-8)11(6-18-13)9-5-14(15(17)22)20-16-12(9)7-19-21-16/h2-7,18H,1H3,(H2,17,22)(H,19,20,21). The van der Waals surface area contributed by atoms with Gasteiger partial charge in [-0.05, 0) is 30.7 Å². The number of nitrogens with zero attached hydrogens (tertiary/aromatic N) is 2. The summed E-state index contributed by atoms with van der Waals surface area (Å²) in [5.41, 5.74) is 10.2. The fourth-order valence-corrected chi connectivity index (χ4v) is 2.74. The normalized spacial score (nSPS) is 11.3. The number of hydrogen-bond donors (Lipinski definition) is 3. The van der Waals surface area contributed by atoms with Crippen LogP contribution in [0.15, 0.2) is 36.7 Å². The average molecular weight is 291 g/mol. The van der Waals surface area contributed by atoms with Crippen LogP contribution < -0.4 is 5.73 Å². The van der Waals surface area contributed by atoms with E-state index in [1.54, 1.807) is 12.3 Å². The summed E-state index contributed by atoms with van der Waals surface area (Å²) in [7, 11) is 0. The number of primary amides is 1. The number of H-pyrrole nitrogens is 2. The third-order valence-corrected chi connectivity index (χ3v) is 3.80. The van der Waals surface area contributed by atoms with Gasteiger partial charge in [-0.15, -0.1) is 0 Å². The molecule has 4 N–H and O–H groups in total. The van der Waals surface area contributed by atoms with Gasteiger partial charge in [0.1, 0.15) is 5.69 Å². The van der Waals surface area contributed by atoms with Crippen molar-refractivity contribution in [2.75, 3.05) is 0 Å². The molecule has 0 atom stereocenters. The number of nitrogens with two attached hydrogens (primary N) is 1. The average Bonchev–Trinajstić information content (AvgIpc) is 3.11. The number of pyridine rings is 1. The van der Waals surface area contributed by atoms with Crippen molar-refractivity contribution in [2.24, 2.45) is 5.73 Å². The Kier molecular flexibility index (Phi) is 2.53. The Morgan fingerprint density at radius 2 is 2.05 bits per heavy atom. The number of nitrogens with one attached hydrogen (secondary N) is 2. The second-order valence-electron chi connectivity index (χ2n) is 5.30. The summed E-state index contributed by atoms with van der Waals surface area (Å²) in [5, 5.41) is 8.76. The van der Waals surface area contributed by atoms with E-state index in [4.69, 9.17) is 5.73 Å². The van der Waals surface area contributed by atoms with E-state index in [-0.39, 0.29) is 5.69 Å². The van der Waals surface area contributed by atoms with Crippen molar-refractivity contribution in [3.63, 3.8) is 0 Å². The van der Waals surface area contributed by atoms with Gasteiger partial charge in [-0.1, -0.05) is 11.6 Å². The van der Waals surface area contributed by atoms with Gasteiger partial charge in [0.15, 0.2) is 5.65 Å². The lowest BCUT2D eigenvalue weighted by Crippen LogP contribution is -2.13. The smallest absolute Gasteiger partial charge is 0.267 e. The molecule has 1 amide bonds. The molecule has 3 heterocycles. The van der Waals surface area contributed by atoms with Gasteiger partial charge in [-0.25, -0.2) is 4.98 Å². The number of amides is 1. The maximum Gasteiger partial charge on any atom is 0.267 e. The van der Waals surface area contributed by atoms with E-state index < -0.39 is 5.91 Å². The summed E-state index contributed by atoms with van der Waals surface area (Å²) in [5.74, 6) is -0.561. The Morgan fingerprint density at radius 1 is 1.18 bits per heavy atom. The molecule has 0 aliphatic carbocycles. The van der Waals surface area contributed by atoms with Crippen LogP contribution in [-0.2, 0) is 0 Å². The van der Waals surface area contributed by atoms with Crippen molar-refractivity contribution in [2.45, 2.75) is 6.92 Å². The molecule has 0 unspecified atom stereocenters. The highest BCUT2D eigenvalue weighted by Gasteiger charge is 2.15. The topological polar surface area (TPSA) is 100 Å². The molecule has 0 fully saturated rings. The number of benzene rings is 1. The zero-order valence-corrected chi connectivity index (χ0v) is 11.8. The molecule has 0 bridgehead atoms. The fourth-order valence-electron chi connectivity index (χ4n) is 2.74. The van der Waals surface area contributed by atoms with Gasteiger partial charge >= 0.3 is 0 Å². The van der Waals surface area contributed by atoms with Gasteiger partial charge in [0.2, 0.25) is 0 Å². The van der Waals surface area contributed by atoms with E-state index in [2.05, 4.69) is 32.3 Å². The molecule has 0 spiro atoms. The van der Waals surface area contributed by atoms with Crippen molar-refractivity contribution >= 4 is 27.8 Å².